The summed E-state index contributed by atoms with van der Waals surface area (Å²) in [5, 5.41) is 6.15. The second kappa shape index (κ2) is 11.8. The summed E-state index contributed by atoms with van der Waals surface area (Å²) in [5.74, 6) is 0.426. The first kappa shape index (κ1) is 26.1. The molecule has 4 rings (SSSR count). The molecule has 1 aromatic rings. The number of allylic oxidation sites excluding steroid dienone is 1. The molecule has 36 heavy (non-hydrogen) atoms. The Labute approximate surface area is 208 Å². The number of nitrogens with zero attached hydrogens (tertiary/aromatic N) is 3. The molecule has 8 nitrogen and oxygen atoms in total. The van der Waals surface area contributed by atoms with Crippen LogP contribution in [0.2, 0.25) is 0 Å². The minimum absolute atomic E-state index is 0.105. The Kier molecular flexibility index (Phi) is 8.55. The fourth-order valence-electron chi connectivity index (χ4n) is 4.27. The van der Waals surface area contributed by atoms with E-state index in [1.165, 1.54) is 12.4 Å². The highest BCUT2D eigenvalue weighted by Gasteiger charge is 2.33. The second-order valence-electron chi connectivity index (χ2n) is 8.83. The largest absolute Gasteiger partial charge is 0.523 e. The number of alkyl halides is 3. The predicted octanol–water partition coefficient (Wildman–Crippen LogP) is 3.20. The highest BCUT2D eigenvalue weighted by molar-refractivity contribution is 5.95. The van der Waals surface area contributed by atoms with Gasteiger partial charge in [0, 0.05) is 43.4 Å². The maximum Gasteiger partial charge on any atom is 0.523 e. The summed E-state index contributed by atoms with van der Waals surface area (Å²) in [5.41, 5.74) is 2.17. The van der Waals surface area contributed by atoms with E-state index in [9.17, 15) is 18.0 Å². The number of morpholine rings is 1. The molecule has 11 heteroatoms. The van der Waals surface area contributed by atoms with Gasteiger partial charge in [0.15, 0.2) is 0 Å². The van der Waals surface area contributed by atoms with Crippen molar-refractivity contribution in [2.75, 3.05) is 39.4 Å². The first-order chi connectivity index (χ1) is 17.3. The van der Waals surface area contributed by atoms with Gasteiger partial charge in [0.1, 0.15) is 12.2 Å². The molecule has 1 aliphatic carbocycles. The van der Waals surface area contributed by atoms with Gasteiger partial charge in [-0.15, -0.1) is 13.2 Å². The van der Waals surface area contributed by atoms with Crippen LogP contribution in [0, 0.1) is 5.92 Å². The number of hydrogen-bond acceptors (Lipinski definition) is 7. The third-order valence-corrected chi connectivity index (χ3v) is 6.28. The van der Waals surface area contributed by atoms with Crippen molar-refractivity contribution >= 4 is 18.1 Å². The summed E-state index contributed by atoms with van der Waals surface area (Å²) < 4.78 is 46.6. The number of nitrogens with one attached hydrogen (secondary N) is 2. The van der Waals surface area contributed by atoms with Crippen LogP contribution in [0.25, 0.3) is 0 Å². The zero-order chi connectivity index (χ0) is 25.5. The Balaban J connectivity index is 1.28. The molecule has 0 spiro atoms. The summed E-state index contributed by atoms with van der Waals surface area (Å²) in [7, 11) is 0. The molecule has 0 bridgehead atoms. The van der Waals surface area contributed by atoms with Crippen LogP contribution in [0.15, 0.2) is 58.2 Å². The monoisotopic (exact) mass is 505 g/mol. The van der Waals surface area contributed by atoms with Gasteiger partial charge in [-0.25, -0.2) is 4.99 Å². The summed E-state index contributed by atoms with van der Waals surface area (Å²) in [4.78, 5) is 23.6. The van der Waals surface area contributed by atoms with E-state index in [1.54, 1.807) is 24.3 Å². The van der Waals surface area contributed by atoms with Crippen LogP contribution < -0.4 is 10.6 Å². The molecule has 0 radical (unpaired) electrons. The summed E-state index contributed by atoms with van der Waals surface area (Å²) in [6, 6.07) is 7.13. The molecule has 1 fully saturated rings. The Morgan fingerprint density at radius 1 is 1.22 bits per heavy atom. The van der Waals surface area contributed by atoms with Gasteiger partial charge >= 0.3 is 6.36 Å². The van der Waals surface area contributed by atoms with Gasteiger partial charge in [-0.05, 0) is 30.2 Å². The number of amidine groups is 1. The van der Waals surface area contributed by atoms with Gasteiger partial charge in [0.25, 0.3) is 5.91 Å². The number of amides is 1. The number of carbonyl (C=O) groups is 1. The summed E-state index contributed by atoms with van der Waals surface area (Å²) in [6.07, 6.45) is 0.459. The molecule has 3 unspecified atom stereocenters. The molecular weight excluding hydrogens is 475 g/mol. The van der Waals surface area contributed by atoms with Crippen molar-refractivity contribution in [3.8, 4) is 0 Å². The fourth-order valence-corrected chi connectivity index (χ4v) is 4.27. The minimum Gasteiger partial charge on any atom is -0.379 e. The third-order valence-electron chi connectivity index (χ3n) is 6.28. The van der Waals surface area contributed by atoms with Crippen LogP contribution >= 0.6 is 0 Å². The van der Waals surface area contributed by atoms with Gasteiger partial charge in [0.05, 0.1) is 25.4 Å². The van der Waals surface area contributed by atoms with Crippen molar-refractivity contribution in [2.45, 2.75) is 31.9 Å². The molecule has 0 saturated carbocycles. The lowest BCUT2D eigenvalue weighted by Crippen LogP contribution is -2.41. The maximum atomic E-state index is 12.5. The smallest absolute Gasteiger partial charge is 0.379 e. The lowest BCUT2D eigenvalue weighted by molar-refractivity contribution is -0.336. The van der Waals surface area contributed by atoms with E-state index < -0.39 is 12.5 Å². The molecule has 2 aliphatic heterocycles. The van der Waals surface area contributed by atoms with E-state index >= 15 is 0 Å². The molecule has 0 aromatic heterocycles. The second-order valence-corrected chi connectivity index (χ2v) is 8.83. The van der Waals surface area contributed by atoms with Gasteiger partial charge in [-0.3, -0.25) is 19.4 Å². The molecule has 3 aliphatic rings. The van der Waals surface area contributed by atoms with E-state index in [0.29, 0.717) is 23.6 Å². The highest BCUT2D eigenvalue weighted by Crippen LogP contribution is 2.30. The molecule has 1 amide bonds. The maximum absolute atomic E-state index is 12.5. The SMILES string of the molecule is CC1C(NC2=CCC(OC(F)(F)F)C=C2)=NC=NC1c1ccc(C(=O)NCCN2CCOCC2)cc1. The molecular formula is C25H30F3N5O3. The predicted molar refractivity (Wildman–Crippen MR) is 130 cm³/mol. The lowest BCUT2D eigenvalue weighted by Gasteiger charge is -2.27. The van der Waals surface area contributed by atoms with Gasteiger partial charge in [-0.1, -0.05) is 31.2 Å². The van der Waals surface area contributed by atoms with E-state index in [0.717, 1.165) is 38.4 Å². The van der Waals surface area contributed by atoms with Crippen LogP contribution in [0.1, 0.15) is 35.3 Å². The third kappa shape index (κ3) is 7.25. The quantitative estimate of drug-likeness (QED) is 0.595. The van der Waals surface area contributed by atoms with Crippen LogP contribution in [0.5, 0.6) is 0 Å². The minimum atomic E-state index is -4.67. The van der Waals surface area contributed by atoms with Crippen molar-refractivity contribution < 1.29 is 27.4 Å². The van der Waals surface area contributed by atoms with Gasteiger partial charge < -0.3 is 15.4 Å². The lowest BCUT2D eigenvalue weighted by atomic mass is 9.92. The summed E-state index contributed by atoms with van der Waals surface area (Å²) >= 11 is 0. The highest BCUT2D eigenvalue weighted by atomic mass is 19.4. The standard InChI is InChI=1S/C25H30F3N5O3/c1-17-22(30-16-31-23(17)32-20-6-8-21(9-7-20)36-25(26,27)28)18-2-4-19(5-3-18)24(34)29-10-11-33-12-14-35-15-13-33/h2-8,16-17,21-22H,9-15H2,1H3,(H,29,34)(H,30,31,32). The number of hydrogen-bond donors (Lipinski definition) is 2. The van der Waals surface area contributed by atoms with Crippen molar-refractivity contribution in [1.29, 1.82) is 0 Å². The van der Waals surface area contributed by atoms with Crippen molar-refractivity contribution in [3.63, 3.8) is 0 Å². The number of carbonyl (C=O) groups excluding carboxylic acids is 1. The first-order valence-corrected chi connectivity index (χ1v) is 12.0. The Morgan fingerprint density at radius 2 is 1.97 bits per heavy atom. The van der Waals surface area contributed by atoms with Crippen LogP contribution in [-0.4, -0.2) is 74.8 Å². The van der Waals surface area contributed by atoms with Gasteiger partial charge in [0.2, 0.25) is 0 Å². The Morgan fingerprint density at radius 3 is 2.64 bits per heavy atom. The van der Waals surface area contributed by atoms with Crippen molar-refractivity contribution in [3.05, 3.63) is 59.3 Å². The molecule has 3 atom stereocenters. The number of rotatable bonds is 7. The molecule has 1 aromatic carbocycles. The van der Waals surface area contributed by atoms with E-state index in [4.69, 9.17) is 4.74 Å². The van der Waals surface area contributed by atoms with Crippen molar-refractivity contribution in [1.82, 2.24) is 15.5 Å². The Bertz CT molecular complexity index is 1030. The van der Waals surface area contributed by atoms with Crippen molar-refractivity contribution in [2.24, 2.45) is 15.9 Å². The number of halogens is 3. The summed E-state index contributed by atoms with van der Waals surface area (Å²) in [6.45, 7) is 6.55. The zero-order valence-electron chi connectivity index (χ0n) is 20.0. The number of ether oxygens (including phenoxy) is 2. The first-order valence-electron chi connectivity index (χ1n) is 12.0. The zero-order valence-corrected chi connectivity index (χ0v) is 20.0. The van der Waals surface area contributed by atoms with E-state index in [2.05, 4.69) is 30.3 Å². The van der Waals surface area contributed by atoms with Crippen LogP contribution in [0.3, 0.4) is 0 Å². The fraction of sp³-hybridized carbons (Fsp3) is 0.480. The molecule has 194 valence electrons. The molecule has 2 N–H and O–H groups in total. The average Bonchev–Trinajstić information content (AvgIpc) is 2.86. The van der Waals surface area contributed by atoms with Crippen LogP contribution in [0.4, 0.5) is 13.2 Å². The normalized spacial score (nSPS) is 24.7. The van der Waals surface area contributed by atoms with E-state index in [1.807, 2.05) is 19.1 Å². The Hall–Kier alpha value is -3.02. The number of aliphatic imine (C=N–C) groups is 2. The van der Waals surface area contributed by atoms with Gasteiger partial charge in [-0.2, -0.15) is 0 Å². The number of benzene rings is 1. The topological polar surface area (TPSA) is 87.5 Å². The van der Waals surface area contributed by atoms with Crippen LogP contribution in [-0.2, 0) is 9.47 Å². The van der Waals surface area contributed by atoms with E-state index in [-0.39, 0.29) is 24.3 Å². The molecule has 1 saturated heterocycles. The molecule has 2 heterocycles. The average molecular weight is 506 g/mol.